The molecule has 8 nitrogen and oxygen atoms in total. The standard InChI is InChI=1S/C18H26N4O4/c1-3-8-19-17(23)12-20(9-4-2)13-18(24)21-10-7-14-5-6-15(22(25)26)11-16(14)21/h5-6,11H,3-4,7-10,12-13H2,1-2H3,(H,19,23). The summed E-state index contributed by atoms with van der Waals surface area (Å²) in [6.07, 6.45) is 2.38. The smallest absolute Gasteiger partial charge is 0.271 e. The molecule has 0 saturated heterocycles. The van der Waals surface area contributed by atoms with Gasteiger partial charge in [-0.1, -0.05) is 19.9 Å². The third-order valence-electron chi connectivity index (χ3n) is 4.31. The van der Waals surface area contributed by atoms with E-state index in [4.69, 9.17) is 0 Å². The van der Waals surface area contributed by atoms with Crippen LogP contribution in [0.5, 0.6) is 0 Å². The van der Waals surface area contributed by atoms with Crippen LogP contribution >= 0.6 is 0 Å². The molecule has 2 rings (SSSR count). The lowest BCUT2D eigenvalue weighted by Gasteiger charge is -2.24. The molecule has 0 atom stereocenters. The van der Waals surface area contributed by atoms with Crippen molar-refractivity contribution < 1.29 is 14.5 Å². The largest absolute Gasteiger partial charge is 0.355 e. The maximum atomic E-state index is 12.8. The molecule has 0 spiro atoms. The number of carbonyl (C=O) groups excluding carboxylic acids is 2. The van der Waals surface area contributed by atoms with Crippen LogP contribution in [-0.2, 0) is 16.0 Å². The first-order valence-corrected chi connectivity index (χ1v) is 9.03. The third-order valence-corrected chi connectivity index (χ3v) is 4.31. The van der Waals surface area contributed by atoms with Crippen LogP contribution in [0.2, 0.25) is 0 Å². The number of nitrogens with zero attached hydrogens (tertiary/aromatic N) is 3. The second-order valence-corrected chi connectivity index (χ2v) is 6.43. The Hall–Kier alpha value is -2.48. The lowest BCUT2D eigenvalue weighted by Crippen LogP contribution is -2.44. The highest BCUT2D eigenvalue weighted by Gasteiger charge is 2.28. The molecule has 0 unspecified atom stereocenters. The second kappa shape index (κ2) is 9.28. The van der Waals surface area contributed by atoms with Crippen molar-refractivity contribution in [2.75, 3.05) is 37.6 Å². The lowest BCUT2D eigenvalue weighted by molar-refractivity contribution is -0.384. The molecule has 0 aromatic heterocycles. The van der Waals surface area contributed by atoms with Gasteiger partial charge in [0, 0.05) is 25.2 Å². The Kier molecular flexibility index (Phi) is 7.08. The van der Waals surface area contributed by atoms with E-state index in [0.29, 0.717) is 31.7 Å². The summed E-state index contributed by atoms with van der Waals surface area (Å²) in [5.74, 6) is -0.230. The minimum atomic E-state index is -0.456. The van der Waals surface area contributed by atoms with Crippen LogP contribution in [0.15, 0.2) is 18.2 Å². The van der Waals surface area contributed by atoms with E-state index < -0.39 is 4.92 Å². The molecule has 1 heterocycles. The zero-order chi connectivity index (χ0) is 19.1. The van der Waals surface area contributed by atoms with Gasteiger partial charge in [-0.15, -0.1) is 0 Å². The van der Waals surface area contributed by atoms with Crippen molar-refractivity contribution >= 4 is 23.2 Å². The average molecular weight is 362 g/mol. The number of hydrogen-bond donors (Lipinski definition) is 1. The minimum absolute atomic E-state index is 0.0205. The first-order valence-electron chi connectivity index (χ1n) is 9.03. The quantitative estimate of drug-likeness (QED) is 0.533. The van der Waals surface area contributed by atoms with Crippen molar-refractivity contribution in [1.29, 1.82) is 0 Å². The number of rotatable bonds is 9. The summed E-state index contributed by atoms with van der Waals surface area (Å²) >= 11 is 0. The van der Waals surface area contributed by atoms with E-state index in [1.165, 1.54) is 12.1 Å². The molecule has 1 aromatic rings. The molecule has 1 N–H and O–H groups in total. The molecule has 0 radical (unpaired) electrons. The Morgan fingerprint density at radius 2 is 2.04 bits per heavy atom. The Balaban J connectivity index is 2.05. The van der Waals surface area contributed by atoms with Gasteiger partial charge in [0.2, 0.25) is 11.8 Å². The van der Waals surface area contributed by atoms with E-state index in [2.05, 4.69) is 5.32 Å². The van der Waals surface area contributed by atoms with Crippen molar-refractivity contribution in [3.8, 4) is 0 Å². The van der Waals surface area contributed by atoms with Gasteiger partial charge in [-0.3, -0.25) is 24.6 Å². The maximum absolute atomic E-state index is 12.8. The predicted octanol–water partition coefficient (Wildman–Crippen LogP) is 1.72. The van der Waals surface area contributed by atoms with Gasteiger partial charge in [-0.2, -0.15) is 0 Å². The van der Waals surface area contributed by atoms with Gasteiger partial charge in [-0.25, -0.2) is 0 Å². The van der Waals surface area contributed by atoms with Gasteiger partial charge in [0.15, 0.2) is 0 Å². The van der Waals surface area contributed by atoms with E-state index >= 15 is 0 Å². The van der Waals surface area contributed by atoms with E-state index in [0.717, 1.165) is 18.4 Å². The van der Waals surface area contributed by atoms with Crippen LogP contribution in [-0.4, -0.2) is 54.4 Å². The molecule has 0 fully saturated rings. The number of nitro groups is 1. The van der Waals surface area contributed by atoms with E-state index in [9.17, 15) is 19.7 Å². The summed E-state index contributed by atoms with van der Waals surface area (Å²) in [5, 5.41) is 13.8. The Labute approximate surface area is 153 Å². The molecular weight excluding hydrogens is 336 g/mol. The molecule has 1 aliphatic rings. The molecule has 0 aliphatic carbocycles. The van der Waals surface area contributed by atoms with Crippen LogP contribution in [0.25, 0.3) is 0 Å². The Morgan fingerprint density at radius 3 is 2.69 bits per heavy atom. The fraction of sp³-hybridized carbons (Fsp3) is 0.556. The fourth-order valence-electron chi connectivity index (χ4n) is 3.07. The summed E-state index contributed by atoms with van der Waals surface area (Å²) in [6, 6.07) is 4.63. The molecule has 1 aliphatic heterocycles. The topological polar surface area (TPSA) is 95.8 Å². The molecule has 0 bridgehead atoms. The monoisotopic (exact) mass is 362 g/mol. The number of benzene rings is 1. The van der Waals surface area contributed by atoms with Crippen molar-refractivity contribution in [2.45, 2.75) is 33.1 Å². The van der Waals surface area contributed by atoms with Gasteiger partial charge in [-0.05, 0) is 31.4 Å². The molecule has 142 valence electrons. The second-order valence-electron chi connectivity index (χ2n) is 6.43. The number of nitro benzene ring substituents is 1. The summed E-state index contributed by atoms with van der Waals surface area (Å²) in [6.45, 7) is 6.05. The van der Waals surface area contributed by atoms with Crippen LogP contribution in [0.4, 0.5) is 11.4 Å². The van der Waals surface area contributed by atoms with Gasteiger partial charge in [0.05, 0.1) is 23.7 Å². The van der Waals surface area contributed by atoms with Crippen LogP contribution in [0.1, 0.15) is 32.3 Å². The molecule has 2 amide bonds. The molecule has 1 aromatic carbocycles. The predicted molar refractivity (Wildman–Crippen MR) is 99.2 cm³/mol. The molecular formula is C18H26N4O4. The number of carbonyl (C=O) groups is 2. The molecule has 0 saturated carbocycles. The van der Waals surface area contributed by atoms with Gasteiger partial charge < -0.3 is 10.2 Å². The zero-order valence-corrected chi connectivity index (χ0v) is 15.4. The van der Waals surface area contributed by atoms with Gasteiger partial charge >= 0.3 is 0 Å². The van der Waals surface area contributed by atoms with E-state index in [1.54, 1.807) is 11.0 Å². The van der Waals surface area contributed by atoms with Gasteiger partial charge in [0.1, 0.15) is 0 Å². The minimum Gasteiger partial charge on any atom is -0.355 e. The molecule has 8 heteroatoms. The third kappa shape index (κ3) is 5.01. The first-order chi connectivity index (χ1) is 12.5. The number of non-ortho nitro benzene ring substituents is 1. The van der Waals surface area contributed by atoms with Crippen molar-refractivity contribution in [3.05, 3.63) is 33.9 Å². The van der Waals surface area contributed by atoms with E-state index in [-0.39, 0.29) is 30.6 Å². The number of anilines is 1. The summed E-state index contributed by atoms with van der Waals surface area (Å²) in [5.41, 5.74) is 1.52. The summed E-state index contributed by atoms with van der Waals surface area (Å²) in [4.78, 5) is 38.7. The highest BCUT2D eigenvalue weighted by atomic mass is 16.6. The van der Waals surface area contributed by atoms with Crippen LogP contribution in [0.3, 0.4) is 0 Å². The summed E-state index contributed by atoms with van der Waals surface area (Å²) < 4.78 is 0. The number of nitrogens with one attached hydrogen (secondary N) is 1. The number of hydrogen-bond acceptors (Lipinski definition) is 5. The maximum Gasteiger partial charge on any atom is 0.271 e. The number of amides is 2. The normalized spacial score (nSPS) is 13.0. The van der Waals surface area contributed by atoms with Crippen LogP contribution in [0, 0.1) is 10.1 Å². The average Bonchev–Trinajstić information content (AvgIpc) is 3.03. The Bertz CT molecular complexity index is 677. The van der Waals surface area contributed by atoms with Crippen molar-refractivity contribution in [2.24, 2.45) is 0 Å². The lowest BCUT2D eigenvalue weighted by atomic mass is 10.1. The molecule has 26 heavy (non-hydrogen) atoms. The SMILES string of the molecule is CCCNC(=O)CN(CCC)CC(=O)N1CCc2ccc([N+](=O)[O-])cc21. The van der Waals surface area contributed by atoms with Crippen molar-refractivity contribution in [3.63, 3.8) is 0 Å². The highest BCUT2D eigenvalue weighted by Crippen LogP contribution is 2.31. The van der Waals surface area contributed by atoms with Crippen LogP contribution < -0.4 is 10.2 Å². The number of fused-ring (bicyclic) bond motifs is 1. The van der Waals surface area contributed by atoms with Crippen molar-refractivity contribution in [1.82, 2.24) is 10.2 Å². The first kappa shape index (κ1) is 19.8. The highest BCUT2D eigenvalue weighted by molar-refractivity contribution is 5.97. The summed E-state index contributed by atoms with van der Waals surface area (Å²) in [7, 11) is 0. The zero-order valence-electron chi connectivity index (χ0n) is 15.4. The van der Waals surface area contributed by atoms with E-state index in [1.807, 2.05) is 18.7 Å². The Morgan fingerprint density at radius 1 is 1.27 bits per heavy atom. The van der Waals surface area contributed by atoms with Gasteiger partial charge in [0.25, 0.3) is 5.69 Å². The fourth-order valence-corrected chi connectivity index (χ4v) is 3.07.